The van der Waals surface area contributed by atoms with E-state index in [4.69, 9.17) is 4.74 Å². The molecule has 1 amide bonds. The maximum atomic E-state index is 13.2. The van der Waals surface area contributed by atoms with E-state index in [-0.39, 0.29) is 24.9 Å². The van der Waals surface area contributed by atoms with Gasteiger partial charge in [-0.1, -0.05) is 236 Å². The summed E-state index contributed by atoms with van der Waals surface area (Å²) in [7, 11) is 0. The summed E-state index contributed by atoms with van der Waals surface area (Å²) in [4.78, 5) is 26.2. The zero-order valence-corrected chi connectivity index (χ0v) is 43.1. The van der Waals surface area contributed by atoms with Crippen LogP contribution in [0.3, 0.4) is 0 Å². The number of nitrogens with one attached hydrogen (secondary N) is 1. The van der Waals surface area contributed by atoms with E-state index in [0.29, 0.717) is 19.3 Å². The van der Waals surface area contributed by atoms with E-state index in [1.165, 1.54) is 128 Å². The molecule has 65 heavy (non-hydrogen) atoms. The van der Waals surface area contributed by atoms with Gasteiger partial charge in [-0.05, 0) is 89.9 Å². The summed E-state index contributed by atoms with van der Waals surface area (Å²) in [5.74, 6) is -0.514. The van der Waals surface area contributed by atoms with Crippen LogP contribution in [0.5, 0.6) is 0 Å². The molecule has 0 aromatic heterocycles. The molecule has 3 unspecified atom stereocenters. The van der Waals surface area contributed by atoms with Crippen molar-refractivity contribution in [2.45, 2.75) is 296 Å². The van der Waals surface area contributed by atoms with Crippen LogP contribution in [0.25, 0.3) is 0 Å². The topological polar surface area (TPSA) is 95.9 Å². The van der Waals surface area contributed by atoms with E-state index in [2.05, 4.69) is 86.8 Å². The van der Waals surface area contributed by atoms with Crippen molar-refractivity contribution in [3.63, 3.8) is 0 Å². The maximum Gasteiger partial charge on any atom is 0.306 e. The molecule has 378 valence electrons. The number of rotatable bonds is 50. The number of hydrogen-bond donors (Lipinski definition) is 3. The minimum atomic E-state index is -0.799. The Hall–Kier alpha value is -2.44. The second kappa shape index (κ2) is 52.5. The number of carbonyl (C=O) groups is 2. The molecule has 0 rings (SSSR count). The van der Waals surface area contributed by atoms with Gasteiger partial charge in [-0.25, -0.2) is 0 Å². The fraction of sp³-hybridized carbons (Fsp3) is 0.797. The zero-order valence-electron chi connectivity index (χ0n) is 43.1. The molecule has 0 aliphatic rings. The normalized spacial score (nSPS) is 13.6. The second-order valence-electron chi connectivity index (χ2n) is 19.0. The van der Waals surface area contributed by atoms with Crippen LogP contribution in [0.15, 0.2) is 60.8 Å². The lowest BCUT2D eigenvalue weighted by Crippen LogP contribution is -2.46. The highest BCUT2D eigenvalue weighted by molar-refractivity contribution is 5.77. The number of aliphatic hydroxyl groups is 2. The molecule has 3 N–H and O–H groups in total. The Balaban J connectivity index is 4.59. The second-order valence-corrected chi connectivity index (χ2v) is 19.0. The van der Waals surface area contributed by atoms with Crippen molar-refractivity contribution in [3.05, 3.63) is 60.8 Å². The monoisotopic (exact) mass is 910 g/mol. The third-order valence-corrected chi connectivity index (χ3v) is 12.6. The fourth-order valence-corrected chi connectivity index (χ4v) is 8.31. The number of aliphatic hydroxyl groups excluding tert-OH is 2. The lowest BCUT2D eigenvalue weighted by atomic mass is 10.0. The lowest BCUT2D eigenvalue weighted by Gasteiger charge is -2.24. The van der Waals surface area contributed by atoms with Crippen LogP contribution >= 0.6 is 0 Å². The molecule has 0 aromatic carbocycles. The van der Waals surface area contributed by atoms with Crippen molar-refractivity contribution in [1.82, 2.24) is 5.32 Å². The molecule has 6 nitrogen and oxygen atoms in total. The number of unbranched alkanes of at least 4 members (excludes halogenated alkanes) is 29. The van der Waals surface area contributed by atoms with Crippen LogP contribution in [0.1, 0.15) is 278 Å². The van der Waals surface area contributed by atoms with Crippen molar-refractivity contribution in [2.24, 2.45) is 0 Å². The van der Waals surface area contributed by atoms with E-state index in [1.54, 1.807) is 0 Å². The number of esters is 1. The molecule has 0 aliphatic carbocycles. The molecule has 0 spiro atoms. The van der Waals surface area contributed by atoms with E-state index in [0.717, 1.165) is 103 Å². The van der Waals surface area contributed by atoms with E-state index >= 15 is 0 Å². The average molecular weight is 911 g/mol. The van der Waals surface area contributed by atoms with Crippen LogP contribution in [0, 0.1) is 0 Å². The summed E-state index contributed by atoms with van der Waals surface area (Å²) < 4.78 is 5.93. The predicted octanol–water partition coefficient (Wildman–Crippen LogP) is 17.2. The third kappa shape index (κ3) is 47.8. The van der Waals surface area contributed by atoms with Crippen molar-refractivity contribution >= 4 is 11.9 Å². The van der Waals surface area contributed by atoms with Crippen LogP contribution < -0.4 is 5.32 Å². The molecule has 0 aliphatic heterocycles. The van der Waals surface area contributed by atoms with Gasteiger partial charge in [0.2, 0.25) is 5.91 Å². The predicted molar refractivity (Wildman–Crippen MR) is 282 cm³/mol. The number of carbonyl (C=O) groups excluding carboxylic acids is 2. The smallest absolute Gasteiger partial charge is 0.306 e. The van der Waals surface area contributed by atoms with Crippen LogP contribution in [0.4, 0.5) is 0 Å². The average Bonchev–Trinajstić information content (AvgIpc) is 3.30. The van der Waals surface area contributed by atoms with Gasteiger partial charge in [0.05, 0.1) is 25.2 Å². The van der Waals surface area contributed by atoms with Crippen LogP contribution in [0.2, 0.25) is 0 Å². The van der Waals surface area contributed by atoms with Gasteiger partial charge < -0.3 is 20.3 Å². The first-order valence-corrected chi connectivity index (χ1v) is 28.0. The molecule has 0 fully saturated rings. The van der Waals surface area contributed by atoms with Crippen molar-refractivity contribution < 1.29 is 24.5 Å². The first-order chi connectivity index (χ1) is 32.0. The Labute approximate surface area is 403 Å². The van der Waals surface area contributed by atoms with Gasteiger partial charge in [-0.3, -0.25) is 9.59 Å². The summed E-state index contributed by atoms with van der Waals surface area (Å²) in [5, 5.41) is 23.9. The molecule has 0 bridgehead atoms. The van der Waals surface area contributed by atoms with Gasteiger partial charge in [0, 0.05) is 6.42 Å². The van der Waals surface area contributed by atoms with Gasteiger partial charge in [0.15, 0.2) is 0 Å². The number of ether oxygens (including phenoxy) is 1. The lowest BCUT2D eigenvalue weighted by molar-refractivity contribution is -0.151. The minimum absolute atomic E-state index is 0.0542. The Bertz CT molecular complexity index is 1160. The Morgan fingerprint density at radius 1 is 0.462 bits per heavy atom. The molecule has 0 saturated heterocycles. The summed E-state index contributed by atoms with van der Waals surface area (Å²) in [6.07, 6.45) is 65.6. The maximum absolute atomic E-state index is 13.2. The number of allylic oxidation sites excluding steroid dienone is 10. The first kappa shape index (κ1) is 62.6. The molecule has 0 radical (unpaired) electrons. The summed E-state index contributed by atoms with van der Waals surface area (Å²) in [6.45, 7) is 6.43. The Morgan fingerprint density at radius 2 is 0.831 bits per heavy atom. The quantitative estimate of drug-likeness (QED) is 0.0245. The molecular weight excluding hydrogens is 803 g/mol. The highest BCUT2D eigenvalue weighted by Gasteiger charge is 2.24. The highest BCUT2D eigenvalue weighted by atomic mass is 16.5. The van der Waals surface area contributed by atoms with E-state index in [1.807, 2.05) is 0 Å². The van der Waals surface area contributed by atoms with E-state index < -0.39 is 18.2 Å². The summed E-state index contributed by atoms with van der Waals surface area (Å²) in [5.41, 5.74) is 0. The molecular formula is C59H107NO5. The van der Waals surface area contributed by atoms with Gasteiger partial charge in [0.1, 0.15) is 6.10 Å². The highest BCUT2D eigenvalue weighted by Crippen LogP contribution is 2.18. The van der Waals surface area contributed by atoms with Crippen molar-refractivity contribution in [3.8, 4) is 0 Å². The van der Waals surface area contributed by atoms with Gasteiger partial charge in [0.25, 0.3) is 0 Å². The Kier molecular flexibility index (Phi) is 50.6. The first-order valence-electron chi connectivity index (χ1n) is 28.0. The standard InChI is InChI=1S/C59H107NO5/c1-4-7-10-13-16-19-22-25-27-29-31-34-37-40-43-46-49-52-59(64)65-55(50-47-44-41-38-35-32-24-21-18-15-12-9-6-3)53-58(63)60-56(54-61)57(62)51-48-45-42-39-36-33-30-28-26-23-20-17-14-11-8-5-2/h16,18-19,21,24-25,27,31-32,34,55-57,61-62H,4-15,17,20,22-23,26,28-30,33,35-54H2,1-3H3,(H,60,63)/b19-16-,21-18+,27-25-,32-24+,34-31-. The fourth-order valence-electron chi connectivity index (χ4n) is 8.31. The van der Waals surface area contributed by atoms with Gasteiger partial charge in [-0.2, -0.15) is 0 Å². The zero-order chi connectivity index (χ0) is 47.4. The van der Waals surface area contributed by atoms with Gasteiger partial charge >= 0.3 is 5.97 Å². The largest absolute Gasteiger partial charge is 0.462 e. The number of amides is 1. The third-order valence-electron chi connectivity index (χ3n) is 12.6. The van der Waals surface area contributed by atoms with Crippen LogP contribution in [-0.2, 0) is 14.3 Å². The minimum Gasteiger partial charge on any atom is -0.462 e. The molecule has 0 aromatic rings. The van der Waals surface area contributed by atoms with Crippen molar-refractivity contribution in [1.29, 1.82) is 0 Å². The summed E-state index contributed by atoms with van der Waals surface area (Å²) in [6, 6.07) is -0.715. The van der Waals surface area contributed by atoms with Crippen LogP contribution in [-0.4, -0.2) is 46.9 Å². The molecule has 6 heteroatoms. The molecule has 0 heterocycles. The molecule has 0 saturated carbocycles. The van der Waals surface area contributed by atoms with Crippen molar-refractivity contribution in [2.75, 3.05) is 6.61 Å². The SMILES string of the molecule is CCCCC/C=C\C/C=C\C/C=C\CCCCCCC(=O)OC(CCCCCC/C=C/C=C/CCCCC)CC(=O)NC(CO)C(O)CCCCCCCCCCCCCCCCCC. The van der Waals surface area contributed by atoms with E-state index in [9.17, 15) is 19.8 Å². The summed E-state index contributed by atoms with van der Waals surface area (Å²) >= 11 is 0. The molecule has 3 atom stereocenters. The van der Waals surface area contributed by atoms with Gasteiger partial charge in [-0.15, -0.1) is 0 Å². The Morgan fingerprint density at radius 3 is 1.31 bits per heavy atom. The number of hydrogen-bond acceptors (Lipinski definition) is 5.